The van der Waals surface area contributed by atoms with Gasteiger partial charge in [0.1, 0.15) is 5.69 Å². The summed E-state index contributed by atoms with van der Waals surface area (Å²) in [6.07, 6.45) is 0. The molecule has 1 aromatic rings. The molecule has 5 nitrogen and oxygen atoms in total. The molecule has 1 heterocycles. The zero-order valence-electron chi connectivity index (χ0n) is 10.4. The Labute approximate surface area is 105 Å². The first-order chi connectivity index (χ1) is 8.19. The molecule has 6 heteroatoms. The Hall–Kier alpha value is -0.980. The third kappa shape index (κ3) is 4.41. The molecule has 0 atom stereocenters. The van der Waals surface area contributed by atoms with Crippen LogP contribution in [0.3, 0.4) is 0 Å². The van der Waals surface area contributed by atoms with Crippen LogP contribution in [0.15, 0.2) is 5.38 Å². The van der Waals surface area contributed by atoms with Gasteiger partial charge in [-0.1, -0.05) is 0 Å². The molecular formula is C11H18N2O3S. The van der Waals surface area contributed by atoms with Crippen LogP contribution in [0.1, 0.15) is 15.5 Å². The van der Waals surface area contributed by atoms with Gasteiger partial charge in [0.15, 0.2) is 0 Å². The third-order valence-electron chi connectivity index (χ3n) is 2.26. The van der Waals surface area contributed by atoms with Crippen molar-refractivity contribution >= 4 is 17.2 Å². The second-order valence-corrected chi connectivity index (χ2v) is 4.59. The largest absolute Gasteiger partial charge is 0.383 e. The molecule has 0 aliphatic carbocycles. The number of ether oxygens (including phenoxy) is 2. The molecule has 0 N–H and O–H groups in total. The molecule has 0 fully saturated rings. The van der Waals surface area contributed by atoms with Crippen molar-refractivity contribution in [3.63, 3.8) is 0 Å². The molecule has 0 bridgehead atoms. The first kappa shape index (κ1) is 14.1. The number of carbonyl (C=O) groups is 1. The number of methoxy groups -OCH3 is 2. The Morgan fingerprint density at radius 3 is 2.35 bits per heavy atom. The molecule has 1 aromatic heterocycles. The Morgan fingerprint density at radius 2 is 1.94 bits per heavy atom. The number of hydrogen-bond acceptors (Lipinski definition) is 5. The second kappa shape index (κ2) is 7.37. The average Bonchev–Trinajstić information content (AvgIpc) is 2.75. The summed E-state index contributed by atoms with van der Waals surface area (Å²) in [4.78, 5) is 18.0. The maximum Gasteiger partial charge on any atom is 0.273 e. The zero-order chi connectivity index (χ0) is 12.7. The van der Waals surface area contributed by atoms with Crippen molar-refractivity contribution < 1.29 is 14.3 Å². The van der Waals surface area contributed by atoms with Crippen molar-refractivity contribution in [1.82, 2.24) is 9.88 Å². The number of hydrogen-bond donors (Lipinski definition) is 0. The van der Waals surface area contributed by atoms with Gasteiger partial charge in [-0.2, -0.15) is 0 Å². The summed E-state index contributed by atoms with van der Waals surface area (Å²) in [7, 11) is 3.23. The van der Waals surface area contributed by atoms with Crippen LogP contribution in [-0.2, 0) is 9.47 Å². The molecule has 0 saturated carbocycles. The standard InChI is InChI=1S/C11H18N2O3S/c1-9-12-10(8-17-9)11(14)13(4-6-15-2)5-7-16-3/h8H,4-7H2,1-3H3. The Kier molecular flexibility index (Phi) is 6.10. The SMILES string of the molecule is COCCN(CCOC)C(=O)c1csc(C)n1. The van der Waals surface area contributed by atoms with Gasteiger partial charge in [0.25, 0.3) is 5.91 Å². The van der Waals surface area contributed by atoms with Gasteiger partial charge >= 0.3 is 0 Å². The van der Waals surface area contributed by atoms with Crippen molar-refractivity contribution in [2.45, 2.75) is 6.92 Å². The van der Waals surface area contributed by atoms with Gasteiger partial charge in [0, 0.05) is 32.7 Å². The van der Waals surface area contributed by atoms with Gasteiger partial charge < -0.3 is 14.4 Å². The lowest BCUT2D eigenvalue weighted by atomic mass is 10.3. The monoisotopic (exact) mass is 258 g/mol. The summed E-state index contributed by atoms with van der Waals surface area (Å²) in [5, 5.41) is 2.68. The molecule has 0 unspecified atom stereocenters. The number of nitrogens with zero attached hydrogens (tertiary/aromatic N) is 2. The van der Waals surface area contributed by atoms with E-state index >= 15 is 0 Å². The van der Waals surface area contributed by atoms with Gasteiger partial charge in [-0.05, 0) is 6.92 Å². The molecule has 96 valence electrons. The van der Waals surface area contributed by atoms with Crippen LogP contribution in [-0.4, -0.2) is 56.3 Å². The van der Waals surface area contributed by atoms with Crippen LogP contribution in [0.5, 0.6) is 0 Å². The number of aromatic nitrogens is 1. The van der Waals surface area contributed by atoms with E-state index in [9.17, 15) is 4.79 Å². The molecular weight excluding hydrogens is 240 g/mol. The predicted octanol–water partition coefficient (Wildman–Crippen LogP) is 1.19. The van der Waals surface area contributed by atoms with E-state index in [2.05, 4.69) is 4.98 Å². The van der Waals surface area contributed by atoms with Gasteiger partial charge in [0.2, 0.25) is 0 Å². The summed E-state index contributed by atoms with van der Waals surface area (Å²) in [6.45, 7) is 4.01. The smallest absolute Gasteiger partial charge is 0.273 e. The lowest BCUT2D eigenvalue weighted by Gasteiger charge is -2.20. The second-order valence-electron chi connectivity index (χ2n) is 3.53. The van der Waals surface area contributed by atoms with E-state index in [0.717, 1.165) is 5.01 Å². The fourth-order valence-electron chi connectivity index (χ4n) is 1.34. The highest BCUT2D eigenvalue weighted by molar-refractivity contribution is 7.09. The van der Waals surface area contributed by atoms with Crippen molar-refractivity contribution in [1.29, 1.82) is 0 Å². The lowest BCUT2D eigenvalue weighted by molar-refractivity contribution is 0.0622. The highest BCUT2D eigenvalue weighted by atomic mass is 32.1. The van der Waals surface area contributed by atoms with Crippen LogP contribution in [0.4, 0.5) is 0 Å². The van der Waals surface area contributed by atoms with Crippen molar-refractivity contribution in [3.05, 3.63) is 16.1 Å². The van der Waals surface area contributed by atoms with E-state index in [1.54, 1.807) is 24.5 Å². The Balaban J connectivity index is 2.64. The highest BCUT2D eigenvalue weighted by Gasteiger charge is 2.17. The number of rotatable bonds is 7. The molecule has 0 radical (unpaired) electrons. The Morgan fingerprint density at radius 1 is 1.35 bits per heavy atom. The zero-order valence-corrected chi connectivity index (χ0v) is 11.2. The quantitative estimate of drug-likeness (QED) is 0.737. The minimum Gasteiger partial charge on any atom is -0.383 e. The van der Waals surface area contributed by atoms with Crippen molar-refractivity contribution in [2.24, 2.45) is 0 Å². The molecule has 1 amide bonds. The van der Waals surface area contributed by atoms with Gasteiger partial charge in [-0.3, -0.25) is 4.79 Å². The molecule has 0 saturated heterocycles. The summed E-state index contributed by atoms with van der Waals surface area (Å²) in [5.74, 6) is -0.0662. The van der Waals surface area contributed by atoms with Gasteiger partial charge in [-0.25, -0.2) is 4.98 Å². The van der Waals surface area contributed by atoms with Crippen molar-refractivity contribution in [2.75, 3.05) is 40.5 Å². The lowest BCUT2D eigenvalue weighted by Crippen LogP contribution is -2.36. The normalized spacial score (nSPS) is 10.5. The minimum absolute atomic E-state index is 0.0662. The van der Waals surface area contributed by atoms with E-state index < -0.39 is 0 Å². The van der Waals surface area contributed by atoms with Crippen LogP contribution < -0.4 is 0 Å². The van der Waals surface area contributed by atoms with Crippen LogP contribution in [0.25, 0.3) is 0 Å². The van der Waals surface area contributed by atoms with Crippen LogP contribution in [0, 0.1) is 6.92 Å². The van der Waals surface area contributed by atoms with E-state index in [0.29, 0.717) is 32.0 Å². The summed E-state index contributed by atoms with van der Waals surface area (Å²) < 4.78 is 9.98. The van der Waals surface area contributed by atoms with Gasteiger partial charge in [0.05, 0.1) is 18.2 Å². The van der Waals surface area contributed by atoms with Gasteiger partial charge in [-0.15, -0.1) is 11.3 Å². The number of aryl methyl sites for hydroxylation is 1. The topological polar surface area (TPSA) is 51.7 Å². The van der Waals surface area contributed by atoms with E-state index in [-0.39, 0.29) is 5.91 Å². The summed E-state index contributed by atoms with van der Waals surface area (Å²) in [6, 6.07) is 0. The van der Waals surface area contributed by atoms with E-state index in [1.165, 1.54) is 11.3 Å². The first-order valence-corrected chi connectivity index (χ1v) is 6.26. The molecule has 0 aromatic carbocycles. The fraction of sp³-hybridized carbons (Fsp3) is 0.636. The number of amides is 1. The molecule has 1 rings (SSSR count). The highest BCUT2D eigenvalue weighted by Crippen LogP contribution is 2.10. The first-order valence-electron chi connectivity index (χ1n) is 5.38. The Bertz CT molecular complexity index is 346. The number of thiazole rings is 1. The summed E-state index contributed by atoms with van der Waals surface area (Å²) in [5.41, 5.74) is 0.500. The molecule has 0 aliphatic heterocycles. The maximum absolute atomic E-state index is 12.1. The predicted molar refractivity (Wildman–Crippen MR) is 66.5 cm³/mol. The average molecular weight is 258 g/mol. The van der Waals surface area contributed by atoms with Crippen molar-refractivity contribution in [3.8, 4) is 0 Å². The van der Waals surface area contributed by atoms with E-state index in [4.69, 9.17) is 9.47 Å². The van der Waals surface area contributed by atoms with E-state index in [1.807, 2.05) is 6.92 Å². The molecule has 17 heavy (non-hydrogen) atoms. The van der Waals surface area contributed by atoms with Crippen LogP contribution in [0.2, 0.25) is 0 Å². The summed E-state index contributed by atoms with van der Waals surface area (Å²) >= 11 is 1.48. The minimum atomic E-state index is -0.0662. The molecule has 0 aliphatic rings. The van der Waals surface area contributed by atoms with Crippen LogP contribution >= 0.6 is 11.3 Å². The fourth-order valence-corrected chi connectivity index (χ4v) is 1.93. The molecule has 0 spiro atoms. The number of carbonyl (C=O) groups excluding carboxylic acids is 1. The third-order valence-corrected chi connectivity index (χ3v) is 3.03. The maximum atomic E-state index is 12.1.